The number of anilines is 2. The number of halogens is 2. The van der Waals surface area contributed by atoms with Crippen LogP contribution in [-0.2, 0) is 4.79 Å². The molecule has 0 aromatic heterocycles. The summed E-state index contributed by atoms with van der Waals surface area (Å²) in [6, 6.07) is 10.4. The predicted octanol–water partition coefficient (Wildman–Crippen LogP) is 4.26. The molecule has 8 heteroatoms. The van der Waals surface area contributed by atoms with Crippen molar-refractivity contribution >= 4 is 46.6 Å². The molecule has 2 aromatic carbocycles. The van der Waals surface area contributed by atoms with Gasteiger partial charge in [0, 0.05) is 24.5 Å². The first kappa shape index (κ1) is 20.6. The fraction of sp³-hybridized carbons (Fsp3) is 0.211. The van der Waals surface area contributed by atoms with Gasteiger partial charge in [-0.1, -0.05) is 23.8 Å². The van der Waals surface area contributed by atoms with Crippen molar-refractivity contribution in [2.75, 3.05) is 16.8 Å². The molecule has 0 atom stereocenters. The first-order chi connectivity index (χ1) is 12.6. The molecule has 0 heterocycles. The van der Waals surface area contributed by atoms with Crippen LogP contribution >= 0.6 is 23.8 Å². The Morgan fingerprint density at radius 2 is 1.93 bits per heavy atom. The lowest BCUT2D eigenvalue weighted by molar-refractivity contribution is -0.122. The molecule has 0 aliphatic carbocycles. The monoisotopic (exact) mass is 405 g/mol. The molecule has 0 saturated heterocycles. The molecule has 0 aliphatic rings. The average Bonchev–Trinajstić information content (AvgIpc) is 2.63. The van der Waals surface area contributed by atoms with Gasteiger partial charge in [-0.15, -0.1) is 0 Å². The summed E-state index contributed by atoms with van der Waals surface area (Å²) in [7, 11) is 1.57. The van der Waals surface area contributed by atoms with Crippen molar-refractivity contribution in [3.8, 4) is 11.8 Å². The molecule has 140 valence electrons. The molecule has 0 aliphatic heterocycles. The van der Waals surface area contributed by atoms with E-state index in [4.69, 9.17) is 29.1 Å². The summed E-state index contributed by atoms with van der Waals surface area (Å²) in [4.78, 5) is 15.9. The van der Waals surface area contributed by atoms with Gasteiger partial charge >= 0.3 is 0 Å². The van der Waals surface area contributed by atoms with Gasteiger partial charge in [0.2, 0.25) is 0 Å². The van der Waals surface area contributed by atoms with E-state index in [1.165, 1.54) is 39.6 Å². The Morgan fingerprint density at radius 1 is 1.30 bits per heavy atom. The molecule has 2 aromatic rings. The van der Waals surface area contributed by atoms with Crippen molar-refractivity contribution in [2.45, 2.75) is 19.4 Å². The van der Waals surface area contributed by atoms with Crippen LogP contribution in [0.2, 0.25) is 5.02 Å². The molecule has 0 spiro atoms. The molecular formula is C19H17ClFN3O2S. The van der Waals surface area contributed by atoms with Crippen molar-refractivity contribution in [1.82, 2.24) is 0 Å². The zero-order valence-corrected chi connectivity index (χ0v) is 16.5. The lowest BCUT2D eigenvalue weighted by atomic mass is 9.99. The molecule has 1 N–H and O–H groups in total. The third kappa shape index (κ3) is 4.02. The van der Waals surface area contributed by atoms with E-state index >= 15 is 0 Å². The Balaban J connectivity index is 2.39. The summed E-state index contributed by atoms with van der Waals surface area (Å²) in [5.41, 5.74) is 1.22. The van der Waals surface area contributed by atoms with Crippen LogP contribution in [0.4, 0.5) is 15.8 Å². The van der Waals surface area contributed by atoms with Crippen LogP contribution in [0.1, 0.15) is 19.4 Å². The lowest BCUT2D eigenvalue weighted by Gasteiger charge is -2.38. The maximum atomic E-state index is 13.7. The fourth-order valence-electron chi connectivity index (χ4n) is 2.60. The molecule has 27 heavy (non-hydrogen) atoms. The molecule has 5 nitrogen and oxygen atoms in total. The first-order valence-electron chi connectivity index (χ1n) is 7.84. The molecule has 0 fully saturated rings. The summed E-state index contributed by atoms with van der Waals surface area (Å²) >= 11 is 11.1. The van der Waals surface area contributed by atoms with Gasteiger partial charge in [0.1, 0.15) is 11.6 Å². The first-order valence-corrected chi connectivity index (χ1v) is 8.69. The largest absolute Gasteiger partial charge is 0.505 e. The topological polar surface area (TPSA) is 67.6 Å². The van der Waals surface area contributed by atoms with Crippen LogP contribution in [0.5, 0.6) is 5.75 Å². The van der Waals surface area contributed by atoms with Gasteiger partial charge in [-0.3, -0.25) is 4.79 Å². The van der Waals surface area contributed by atoms with E-state index in [-0.39, 0.29) is 10.9 Å². The van der Waals surface area contributed by atoms with Crippen LogP contribution in [0, 0.1) is 17.1 Å². The zero-order chi connectivity index (χ0) is 20.4. The molecular weight excluding hydrogens is 389 g/mol. The van der Waals surface area contributed by atoms with Gasteiger partial charge in [-0.2, -0.15) is 5.26 Å². The number of amides is 1. The Morgan fingerprint density at radius 3 is 2.44 bits per heavy atom. The number of aromatic hydroxyl groups is 1. The van der Waals surface area contributed by atoms with E-state index in [1.807, 2.05) is 6.07 Å². The molecule has 1 amide bonds. The minimum atomic E-state index is -1.17. The number of thiocarbonyl (C=S) groups is 1. The van der Waals surface area contributed by atoms with Crippen molar-refractivity contribution in [1.29, 1.82) is 5.26 Å². The van der Waals surface area contributed by atoms with Crippen molar-refractivity contribution < 1.29 is 14.3 Å². The lowest BCUT2D eigenvalue weighted by Crippen LogP contribution is -2.55. The number of hydrogen-bond acceptors (Lipinski definition) is 4. The fourth-order valence-corrected chi connectivity index (χ4v) is 3.20. The van der Waals surface area contributed by atoms with Crippen molar-refractivity contribution in [3.63, 3.8) is 0 Å². The summed E-state index contributed by atoms with van der Waals surface area (Å²) in [5, 5.41) is 18.6. The Hall–Kier alpha value is -2.69. The van der Waals surface area contributed by atoms with E-state index in [0.29, 0.717) is 16.9 Å². The van der Waals surface area contributed by atoms with E-state index in [9.17, 15) is 14.3 Å². The van der Waals surface area contributed by atoms with Crippen molar-refractivity contribution in [3.05, 3.63) is 52.8 Å². The third-order valence-corrected chi connectivity index (χ3v) is 4.73. The Kier molecular flexibility index (Phi) is 6.04. The summed E-state index contributed by atoms with van der Waals surface area (Å²) < 4.78 is 13.7. The summed E-state index contributed by atoms with van der Waals surface area (Å²) in [6.45, 7) is 3.29. The third-order valence-electron chi connectivity index (χ3n) is 4.21. The normalized spacial score (nSPS) is 10.8. The number of rotatable bonds is 5. The highest BCUT2D eigenvalue weighted by atomic mass is 35.5. The smallest absolute Gasteiger partial charge is 0.252 e. The summed E-state index contributed by atoms with van der Waals surface area (Å²) in [6.07, 6.45) is 0. The SMILES string of the molecule is CN(C(=O)C(C)(C)N(C=S)c1ccc(O)c(F)c1)c1ccc(C#N)c(Cl)c1. The van der Waals surface area contributed by atoms with Gasteiger partial charge in [-0.05, 0) is 44.2 Å². The second kappa shape index (κ2) is 7.91. The Labute approximate surface area is 167 Å². The number of phenolic OH excluding ortho intramolecular Hbond substituents is 1. The minimum absolute atomic E-state index is 0.236. The molecule has 0 unspecified atom stereocenters. The van der Waals surface area contributed by atoms with Crippen LogP contribution < -0.4 is 9.80 Å². The second-order valence-corrected chi connectivity index (χ2v) is 6.93. The molecule has 2 rings (SSSR count). The van der Waals surface area contributed by atoms with Crippen LogP contribution in [0.15, 0.2) is 36.4 Å². The number of nitriles is 1. The minimum Gasteiger partial charge on any atom is -0.505 e. The van der Waals surface area contributed by atoms with Crippen LogP contribution in [0.3, 0.4) is 0 Å². The van der Waals surface area contributed by atoms with Crippen molar-refractivity contribution in [2.24, 2.45) is 0 Å². The highest BCUT2D eigenvalue weighted by molar-refractivity contribution is 7.79. The number of likely N-dealkylation sites (N-methyl/N-ethyl adjacent to an activating group) is 1. The molecule has 0 saturated carbocycles. The summed E-state index contributed by atoms with van der Waals surface area (Å²) in [5.74, 6) is -1.64. The highest BCUT2D eigenvalue weighted by Crippen LogP contribution is 2.30. The zero-order valence-electron chi connectivity index (χ0n) is 14.9. The number of hydrogen-bond donors (Lipinski definition) is 1. The highest BCUT2D eigenvalue weighted by Gasteiger charge is 2.37. The number of benzene rings is 2. The molecule has 0 bridgehead atoms. The number of carbonyl (C=O) groups is 1. The maximum absolute atomic E-state index is 13.7. The van der Waals surface area contributed by atoms with Gasteiger partial charge in [0.05, 0.1) is 16.1 Å². The predicted molar refractivity (Wildman–Crippen MR) is 108 cm³/mol. The van der Waals surface area contributed by atoms with E-state index in [0.717, 1.165) is 6.07 Å². The quantitative estimate of drug-likeness (QED) is 0.753. The number of carbonyl (C=O) groups excluding carboxylic acids is 1. The second-order valence-electron chi connectivity index (χ2n) is 6.31. The number of nitrogens with zero attached hydrogens (tertiary/aromatic N) is 3. The average molecular weight is 406 g/mol. The van der Waals surface area contributed by atoms with Gasteiger partial charge in [-0.25, -0.2) is 4.39 Å². The van der Waals surface area contributed by atoms with Gasteiger partial charge in [0.25, 0.3) is 5.91 Å². The van der Waals surface area contributed by atoms with E-state index < -0.39 is 17.1 Å². The standard InChI is InChI=1S/C19H17ClFN3O2S/c1-19(2,24(11-27)14-6-7-17(25)16(21)9-14)18(26)23(3)13-5-4-12(10-22)15(20)8-13/h4-9,11,25H,1-3H3. The maximum Gasteiger partial charge on any atom is 0.252 e. The van der Waals surface area contributed by atoms with E-state index in [2.05, 4.69) is 0 Å². The Bertz CT molecular complexity index is 943. The van der Waals surface area contributed by atoms with E-state index in [1.54, 1.807) is 27.0 Å². The molecule has 0 radical (unpaired) electrons. The van der Waals surface area contributed by atoms with Crippen LogP contribution in [0.25, 0.3) is 0 Å². The van der Waals surface area contributed by atoms with Crippen LogP contribution in [-0.4, -0.2) is 29.1 Å². The van der Waals surface area contributed by atoms with Gasteiger partial charge in [0.15, 0.2) is 11.6 Å². The number of phenols is 1. The van der Waals surface area contributed by atoms with Gasteiger partial charge < -0.3 is 14.9 Å².